The topological polar surface area (TPSA) is 43.9 Å². The van der Waals surface area contributed by atoms with Crippen LogP contribution >= 0.6 is 11.6 Å². The van der Waals surface area contributed by atoms with Crippen LogP contribution in [0.3, 0.4) is 0 Å². The normalized spacial score (nSPS) is 21.2. The highest BCUT2D eigenvalue weighted by atomic mass is 35.5. The van der Waals surface area contributed by atoms with Gasteiger partial charge in [-0.3, -0.25) is 19.4 Å². The lowest BCUT2D eigenvalue weighted by Gasteiger charge is -2.37. The Kier molecular flexibility index (Phi) is 5.72. The number of amides is 2. The molecule has 6 heteroatoms. The molecule has 2 amide bonds. The first kappa shape index (κ1) is 20.1. The SMILES string of the molecule is Cc1cccc(CN2CCN([C@@H]3CC(=O)N(c4cccc(Cl)c4C)C3=O)CC2)c1. The van der Waals surface area contributed by atoms with E-state index in [1.54, 1.807) is 18.2 Å². The van der Waals surface area contributed by atoms with Crippen molar-refractivity contribution in [2.24, 2.45) is 0 Å². The number of nitrogens with zero attached hydrogens (tertiary/aromatic N) is 3. The molecule has 0 aliphatic carbocycles. The van der Waals surface area contributed by atoms with Gasteiger partial charge in [-0.15, -0.1) is 0 Å². The van der Waals surface area contributed by atoms with Crippen molar-refractivity contribution in [3.8, 4) is 0 Å². The number of hydrogen-bond donors (Lipinski definition) is 0. The molecule has 2 aliphatic rings. The minimum absolute atomic E-state index is 0.132. The second kappa shape index (κ2) is 8.27. The summed E-state index contributed by atoms with van der Waals surface area (Å²) in [5.41, 5.74) is 3.95. The number of anilines is 1. The van der Waals surface area contributed by atoms with Gasteiger partial charge in [0.15, 0.2) is 0 Å². The molecule has 0 N–H and O–H groups in total. The number of imide groups is 1. The summed E-state index contributed by atoms with van der Waals surface area (Å²) < 4.78 is 0. The van der Waals surface area contributed by atoms with Gasteiger partial charge in [-0.05, 0) is 37.1 Å². The average molecular weight is 412 g/mol. The van der Waals surface area contributed by atoms with E-state index in [9.17, 15) is 9.59 Å². The first-order chi connectivity index (χ1) is 13.9. The molecule has 1 atom stereocenters. The average Bonchev–Trinajstić information content (AvgIpc) is 2.99. The van der Waals surface area contributed by atoms with Crippen LogP contribution in [0.1, 0.15) is 23.1 Å². The third-order valence-electron chi connectivity index (χ3n) is 5.94. The molecule has 0 spiro atoms. The van der Waals surface area contributed by atoms with Gasteiger partial charge in [0.1, 0.15) is 0 Å². The van der Waals surface area contributed by atoms with E-state index in [-0.39, 0.29) is 24.3 Å². The zero-order valence-corrected chi connectivity index (χ0v) is 17.7. The molecule has 0 radical (unpaired) electrons. The van der Waals surface area contributed by atoms with Crippen LogP contribution in [0, 0.1) is 13.8 Å². The second-order valence-corrected chi connectivity index (χ2v) is 8.38. The number of rotatable bonds is 4. The van der Waals surface area contributed by atoms with Crippen molar-refractivity contribution in [2.45, 2.75) is 32.9 Å². The van der Waals surface area contributed by atoms with Gasteiger partial charge in [0, 0.05) is 37.7 Å². The third-order valence-corrected chi connectivity index (χ3v) is 6.35. The zero-order valence-electron chi connectivity index (χ0n) is 16.9. The Balaban J connectivity index is 1.41. The molecule has 29 heavy (non-hydrogen) atoms. The number of benzene rings is 2. The Hall–Kier alpha value is -2.21. The van der Waals surface area contributed by atoms with Gasteiger partial charge in [-0.25, -0.2) is 4.90 Å². The van der Waals surface area contributed by atoms with Crippen molar-refractivity contribution in [1.82, 2.24) is 9.80 Å². The highest BCUT2D eigenvalue weighted by molar-refractivity contribution is 6.32. The van der Waals surface area contributed by atoms with E-state index in [0.717, 1.165) is 38.3 Å². The largest absolute Gasteiger partial charge is 0.297 e. The van der Waals surface area contributed by atoms with E-state index < -0.39 is 0 Å². The number of carbonyl (C=O) groups excluding carboxylic acids is 2. The number of carbonyl (C=O) groups is 2. The van der Waals surface area contributed by atoms with Crippen LogP contribution in [-0.4, -0.2) is 53.8 Å². The highest BCUT2D eigenvalue weighted by Crippen LogP contribution is 2.32. The minimum Gasteiger partial charge on any atom is -0.297 e. The van der Waals surface area contributed by atoms with Crippen molar-refractivity contribution in [2.75, 3.05) is 31.1 Å². The summed E-state index contributed by atoms with van der Waals surface area (Å²) in [5, 5.41) is 0.566. The summed E-state index contributed by atoms with van der Waals surface area (Å²) in [5.74, 6) is -0.278. The predicted octanol–water partition coefficient (Wildman–Crippen LogP) is 3.41. The molecule has 5 nitrogen and oxygen atoms in total. The minimum atomic E-state index is -0.373. The van der Waals surface area contributed by atoms with Crippen molar-refractivity contribution < 1.29 is 9.59 Å². The molecule has 2 saturated heterocycles. The van der Waals surface area contributed by atoms with Gasteiger partial charge in [0.2, 0.25) is 5.91 Å². The summed E-state index contributed by atoms with van der Waals surface area (Å²) in [6, 6.07) is 13.5. The van der Waals surface area contributed by atoms with Gasteiger partial charge in [0.25, 0.3) is 5.91 Å². The molecule has 0 aromatic heterocycles. The molecule has 2 fully saturated rings. The van der Waals surface area contributed by atoms with Crippen molar-refractivity contribution in [3.05, 3.63) is 64.2 Å². The van der Waals surface area contributed by atoms with E-state index in [1.165, 1.54) is 16.0 Å². The standard InChI is InChI=1S/C23H26ClN3O2/c1-16-5-3-6-18(13-16)15-25-9-11-26(12-10-25)21-14-22(28)27(23(21)29)20-8-4-7-19(24)17(20)2/h3-8,13,21H,9-12,14-15H2,1-2H3/t21-/m1/s1. The molecule has 4 rings (SSSR count). The van der Waals surface area contributed by atoms with Gasteiger partial charge < -0.3 is 0 Å². The van der Waals surface area contributed by atoms with E-state index in [1.807, 2.05) is 6.92 Å². The summed E-state index contributed by atoms with van der Waals surface area (Å²) >= 11 is 6.20. The lowest BCUT2D eigenvalue weighted by atomic mass is 10.1. The van der Waals surface area contributed by atoms with Gasteiger partial charge in [0.05, 0.1) is 18.2 Å². The Morgan fingerprint density at radius 3 is 2.45 bits per heavy atom. The van der Waals surface area contributed by atoms with E-state index in [4.69, 9.17) is 11.6 Å². The molecule has 2 aliphatic heterocycles. The molecule has 0 saturated carbocycles. The number of hydrogen-bond acceptors (Lipinski definition) is 4. The van der Waals surface area contributed by atoms with Crippen LogP contribution < -0.4 is 4.90 Å². The first-order valence-corrected chi connectivity index (χ1v) is 10.5. The van der Waals surface area contributed by atoms with Crippen LogP contribution in [0.2, 0.25) is 5.02 Å². The first-order valence-electron chi connectivity index (χ1n) is 10.1. The van der Waals surface area contributed by atoms with Crippen LogP contribution in [0.15, 0.2) is 42.5 Å². The molecular weight excluding hydrogens is 386 g/mol. The fourth-order valence-electron chi connectivity index (χ4n) is 4.29. The summed E-state index contributed by atoms with van der Waals surface area (Å²) in [6.45, 7) is 8.23. The Morgan fingerprint density at radius 1 is 1.00 bits per heavy atom. The monoisotopic (exact) mass is 411 g/mol. The van der Waals surface area contributed by atoms with E-state index in [2.05, 4.69) is 41.0 Å². The molecule has 2 aromatic carbocycles. The van der Waals surface area contributed by atoms with E-state index >= 15 is 0 Å². The maximum atomic E-state index is 13.1. The van der Waals surface area contributed by atoms with Crippen molar-refractivity contribution in [3.63, 3.8) is 0 Å². The Labute approximate surface area is 176 Å². The van der Waals surface area contributed by atoms with Crippen LogP contribution in [0.5, 0.6) is 0 Å². The molecule has 0 unspecified atom stereocenters. The van der Waals surface area contributed by atoms with Crippen LogP contribution in [0.4, 0.5) is 5.69 Å². The van der Waals surface area contributed by atoms with Gasteiger partial charge in [-0.1, -0.05) is 47.5 Å². The number of piperazine rings is 1. The summed E-state index contributed by atoms with van der Waals surface area (Å²) in [4.78, 5) is 31.7. The Morgan fingerprint density at radius 2 is 1.72 bits per heavy atom. The lowest BCUT2D eigenvalue weighted by molar-refractivity contribution is -0.123. The molecule has 2 aromatic rings. The molecule has 2 heterocycles. The predicted molar refractivity (Wildman–Crippen MR) is 115 cm³/mol. The Bertz CT molecular complexity index is 937. The summed E-state index contributed by atoms with van der Waals surface area (Å²) in [6.07, 6.45) is 0.239. The van der Waals surface area contributed by atoms with E-state index in [0.29, 0.717) is 10.7 Å². The number of halogens is 1. The lowest BCUT2D eigenvalue weighted by Crippen LogP contribution is -2.52. The van der Waals surface area contributed by atoms with Gasteiger partial charge >= 0.3 is 0 Å². The van der Waals surface area contributed by atoms with Crippen LogP contribution in [0.25, 0.3) is 0 Å². The molecule has 0 bridgehead atoms. The molecule has 152 valence electrons. The fourth-order valence-corrected chi connectivity index (χ4v) is 4.46. The maximum Gasteiger partial charge on any atom is 0.251 e. The highest BCUT2D eigenvalue weighted by Gasteiger charge is 2.43. The fraction of sp³-hybridized carbons (Fsp3) is 0.391. The second-order valence-electron chi connectivity index (χ2n) is 7.97. The molecular formula is C23H26ClN3O2. The van der Waals surface area contributed by atoms with Crippen LogP contribution in [-0.2, 0) is 16.1 Å². The van der Waals surface area contributed by atoms with Crippen molar-refractivity contribution in [1.29, 1.82) is 0 Å². The third kappa shape index (κ3) is 4.08. The zero-order chi connectivity index (χ0) is 20.5. The smallest absolute Gasteiger partial charge is 0.251 e. The summed E-state index contributed by atoms with van der Waals surface area (Å²) in [7, 11) is 0. The van der Waals surface area contributed by atoms with Crippen molar-refractivity contribution >= 4 is 29.1 Å². The number of aryl methyl sites for hydroxylation is 1. The maximum absolute atomic E-state index is 13.1. The quantitative estimate of drug-likeness (QED) is 0.723. The van der Waals surface area contributed by atoms with Gasteiger partial charge in [-0.2, -0.15) is 0 Å².